The number of guanidine groups is 1. The van der Waals surface area contributed by atoms with Gasteiger partial charge in [-0.3, -0.25) is 4.99 Å². The molecule has 0 radical (unpaired) electrons. The number of rotatable bonds is 5. The Bertz CT molecular complexity index is 566. The first kappa shape index (κ1) is 20.1. The summed E-state index contributed by atoms with van der Waals surface area (Å²) < 4.78 is 6.07. The van der Waals surface area contributed by atoms with Crippen molar-refractivity contribution in [3.8, 4) is 5.75 Å². The van der Waals surface area contributed by atoms with Crippen LogP contribution in [0.15, 0.2) is 47.0 Å². The third-order valence-electron chi connectivity index (χ3n) is 4.86. The predicted octanol–water partition coefficient (Wildman–Crippen LogP) is 4.22. The maximum Gasteiger partial charge on any atom is 0.193 e. The van der Waals surface area contributed by atoms with Gasteiger partial charge in [-0.25, -0.2) is 0 Å². The molecule has 0 unspecified atom stereocenters. The quantitative estimate of drug-likeness (QED) is 0.313. The Kier molecular flexibility index (Phi) is 8.58. The number of allylic oxidation sites excluding steroid dienone is 1. The zero-order valence-electron chi connectivity index (χ0n) is 15.1. The Morgan fingerprint density at radius 3 is 2.64 bits per heavy atom. The molecule has 1 heterocycles. The minimum absolute atomic E-state index is 0. The van der Waals surface area contributed by atoms with Crippen LogP contribution in [-0.4, -0.2) is 43.6 Å². The third kappa shape index (κ3) is 6.20. The Labute approximate surface area is 168 Å². The van der Waals surface area contributed by atoms with Crippen molar-refractivity contribution in [2.75, 3.05) is 26.7 Å². The molecule has 3 rings (SSSR count). The number of halogens is 1. The molecule has 5 heteroatoms. The average Bonchev–Trinajstić information content (AvgIpc) is 3.14. The van der Waals surface area contributed by atoms with E-state index < -0.39 is 0 Å². The Morgan fingerprint density at radius 2 is 2.00 bits per heavy atom. The summed E-state index contributed by atoms with van der Waals surface area (Å²) in [7, 11) is 1.88. The molecule has 0 saturated carbocycles. The highest BCUT2D eigenvalue weighted by Gasteiger charge is 2.22. The van der Waals surface area contributed by atoms with E-state index in [1.807, 2.05) is 37.4 Å². The van der Waals surface area contributed by atoms with E-state index in [2.05, 4.69) is 21.3 Å². The number of nitrogens with zero attached hydrogens (tertiary/aromatic N) is 2. The second kappa shape index (κ2) is 10.7. The van der Waals surface area contributed by atoms with Crippen molar-refractivity contribution in [2.45, 2.75) is 44.6 Å². The Hall–Kier alpha value is -1.24. The summed E-state index contributed by atoms with van der Waals surface area (Å²) in [4.78, 5) is 6.81. The van der Waals surface area contributed by atoms with Crippen LogP contribution in [0.2, 0.25) is 0 Å². The molecule has 0 atom stereocenters. The molecule has 0 amide bonds. The number of piperidine rings is 1. The van der Waals surface area contributed by atoms with Crippen LogP contribution in [0, 0.1) is 0 Å². The topological polar surface area (TPSA) is 36.9 Å². The fourth-order valence-corrected chi connectivity index (χ4v) is 3.51. The van der Waals surface area contributed by atoms with Crippen LogP contribution in [0.4, 0.5) is 0 Å². The second-order valence-corrected chi connectivity index (χ2v) is 6.60. The standard InChI is InChI=1S/C20H29N3O.HI/c1-21-20(22-14-11-17-7-5-6-8-17)23-15-12-19(13-16-23)24-18-9-3-2-4-10-18;/h2-4,7,9-10,19H,5-6,8,11-16H2,1H3,(H,21,22);1H. The number of nitrogens with one attached hydrogen (secondary N) is 1. The summed E-state index contributed by atoms with van der Waals surface area (Å²) in [5.41, 5.74) is 1.60. The lowest BCUT2D eigenvalue weighted by atomic mass is 10.1. The lowest BCUT2D eigenvalue weighted by molar-refractivity contribution is 0.129. The maximum absolute atomic E-state index is 6.07. The Morgan fingerprint density at radius 1 is 1.24 bits per heavy atom. The number of hydrogen-bond acceptors (Lipinski definition) is 2. The molecule has 1 aromatic rings. The van der Waals surface area contributed by atoms with Gasteiger partial charge in [-0.05, 0) is 37.8 Å². The molecule has 2 aliphatic rings. The first-order chi connectivity index (χ1) is 11.8. The van der Waals surface area contributed by atoms with Crippen molar-refractivity contribution in [3.63, 3.8) is 0 Å². The number of likely N-dealkylation sites (tertiary alicyclic amines) is 1. The molecule has 138 valence electrons. The van der Waals surface area contributed by atoms with E-state index in [4.69, 9.17) is 4.74 Å². The molecule has 1 aliphatic heterocycles. The van der Waals surface area contributed by atoms with E-state index in [1.54, 1.807) is 5.57 Å². The van der Waals surface area contributed by atoms with Crippen molar-refractivity contribution in [1.29, 1.82) is 0 Å². The number of para-hydroxylation sites is 1. The number of ether oxygens (including phenoxy) is 1. The van der Waals surface area contributed by atoms with Crippen molar-refractivity contribution < 1.29 is 4.74 Å². The summed E-state index contributed by atoms with van der Waals surface area (Å²) >= 11 is 0. The first-order valence-electron chi connectivity index (χ1n) is 9.20. The van der Waals surface area contributed by atoms with Crippen molar-refractivity contribution in [2.24, 2.45) is 4.99 Å². The van der Waals surface area contributed by atoms with E-state index in [0.717, 1.165) is 50.6 Å². The van der Waals surface area contributed by atoms with E-state index in [-0.39, 0.29) is 24.0 Å². The normalized spacial score (nSPS) is 18.5. The molecule has 1 fully saturated rings. The summed E-state index contributed by atoms with van der Waals surface area (Å²) in [6, 6.07) is 10.1. The van der Waals surface area contributed by atoms with Gasteiger partial charge in [0.15, 0.2) is 5.96 Å². The van der Waals surface area contributed by atoms with Gasteiger partial charge in [0.25, 0.3) is 0 Å². The number of aliphatic imine (C=N–C) groups is 1. The van der Waals surface area contributed by atoms with Gasteiger partial charge >= 0.3 is 0 Å². The maximum atomic E-state index is 6.07. The van der Waals surface area contributed by atoms with Crippen LogP contribution in [0.1, 0.15) is 38.5 Å². The lowest BCUT2D eigenvalue weighted by Crippen LogP contribution is -2.47. The van der Waals surface area contributed by atoms with E-state index in [9.17, 15) is 0 Å². The van der Waals surface area contributed by atoms with E-state index >= 15 is 0 Å². The second-order valence-electron chi connectivity index (χ2n) is 6.60. The van der Waals surface area contributed by atoms with Gasteiger partial charge in [-0.1, -0.05) is 29.8 Å². The fourth-order valence-electron chi connectivity index (χ4n) is 3.51. The smallest absolute Gasteiger partial charge is 0.193 e. The lowest BCUT2D eigenvalue weighted by Gasteiger charge is -2.34. The summed E-state index contributed by atoms with van der Waals surface area (Å²) in [6.45, 7) is 2.98. The van der Waals surface area contributed by atoms with Crippen LogP contribution >= 0.6 is 24.0 Å². The molecule has 0 spiro atoms. The van der Waals surface area contributed by atoms with E-state index in [0.29, 0.717) is 6.10 Å². The van der Waals surface area contributed by atoms with Crippen molar-refractivity contribution in [1.82, 2.24) is 10.2 Å². The van der Waals surface area contributed by atoms with Gasteiger partial charge in [0, 0.05) is 39.5 Å². The molecular weight excluding hydrogens is 425 g/mol. The molecule has 1 saturated heterocycles. The van der Waals surface area contributed by atoms with E-state index in [1.165, 1.54) is 19.3 Å². The largest absolute Gasteiger partial charge is 0.490 e. The predicted molar refractivity (Wildman–Crippen MR) is 115 cm³/mol. The monoisotopic (exact) mass is 455 g/mol. The van der Waals surface area contributed by atoms with Crippen LogP contribution in [0.25, 0.3) is 0 Å². The fraction of sp³-hybridized carbons (Fsp3) is 0.550. The highest BCUT2D eigenvalue weighted by molar-refractivity contribution is 14.0. The average molecular weight is 455 g/mol. The van der Waals surface area contributed by atoms with Crippen LogP contribution in [0.3, 0.4) is 0 Å². The molecule has 1 aliphatic carbocycles. The molecule has 25 heavy (non-hydrogen) atoms. The van der Waals surface area contributed by atoms with Crippen LogP contribution in [-0.2, 0) is 0 Å². The van der Waals surface area contributed by atoms with Gasteiger partial charge in [-0.15, -0.1) is 24.0 Å². The molecule has 1 N–H and O–H groups in total. The van der Waals surface area contributed by atoms with Gasteiger partial charge < -0.3 is 15.0 Å². The van der Waals surface area contributed by atoms with Gasteiger partial charge in [0.1, 0.15) is 11.9 Å². The highest BCUT2D eigenvalue weighted by atomic mass is 127. The van der Waals surface area contributed by atoms with Crippen LogP contribution in [0.5, 0.6) is 5.75 Å². The number of benzene rings is 1. The van der Waals surface area contributed by atoms with Gasteiger partial charge in [-0.2, -0.15) is 0 Å². The molecule has 1 aromatic carbocycles. The van der Waals surface area contributed by atoms with Gasteiger partial charge in [0.2, 0.25) is 0 Å². The SMILES string of the molecule is CN=C(NCCC1=CCCC1)N1CCC(Oc2ccccc2)CC1.I. The number of hydrogen-bond donors (Lipinski definition) is 1. The molecule has 0 aromatic heterocycles. The summed E-state index contributed by atoms with van der Waals surface area (Å²) in [5.74, 6) is 2.01. The van der Waals surface area contributed by atoms with Gasteiger partial charge in [0.05, 0.1) is 0 Å². The third-order valence-corrected chi connectivity index (χ3v) is 4.86. The van der Waals surface area contributed by atoms with Crippen molar-refractivity contribution in [3.05, 3.63) is 42.0 Å². The minimum atomic E-state index is 0. The summed E-state index contributed by atoms with van der Waals surface area (Å²) in [5, 5.41) is 3.52. The molecule has 4 nitrogen and oxygen atoms in total. The van der Waals surface area contributed by atoms with Crippen LogP contribution < -0.4 is 10.1 Å². The highest BCUT2D eigenvalue weighted by Crippen LogP contribution is 2.20. The van der Waals surface area contributed by atoms with Crippen molar-refractivity contribution >= 4 is 29.9 Å². The zero-order chi connectivity index (χ0) is 16.6. The molecular formula is C20H30IN3O. The summed E-state index contributed by atoms with van der Waals surface area (Å²) in [6.07, 6.45) is 9.82. The molecule has 0 bridgehead atoms. The zero-order valence-corrected chi connectivity index (χ0v) is 17.4. The Balaban J connectivity index is 0.00000225. The first-order valence-corrected chi connectivity index (χ1v) is 9.20. The minimum Gasteiger partial charge on any atom is -0.490 e.